The van der Waals surface area contributed by atoms with Crippen LogP contribution in [0.25, 0.3) is 16.5 Å². The molecule has 0 bridgehead atoms. The standard InChI is InChI=1S/C18H21NO2/c1-2-3-11-21-18(20)13-15-8-6-10-19-16-9-5-4-7-14(16)12-17(15)19/h4-5,7-9,12H,2-3,6,10-11,13H2,1H3. The van der Waals surface area contributed by atoms with Gasteiger partial charge < -0.3 is 9.30 Å². The Labute approximate surface area is 125 Å². The number of allylic oxidation sites excluding steroid dienone is 1. The molecule has 1 aliphatic heterocycles. The first-order valence-electron chi connectivity index (χ1n) is 7.73. The molecule has 0 radical (unpaired) electrons. The number of hydrogen-bond acceptors (Lipinski definition) is 2. The van der Waals surface area contributed by atoms with Crippen molar-refractivity contribution >= 4 is 22.4 Å². The molecular weight excluding hydrogens is 262 g/mol. The van der Waals surface area contributed by atoms with Crippen molar-refractivity contribution in [2.75, 3.05) is 6.61 Å². The van der Waals surface area contributed by atoms with Crippen molar-refractivity contribution in [1.29, 1.82) is 0 Å². The molecule has 0 N–H and O–H groups in total. The maximum atomic E-state index is 11.9. The number of rotatable bonds is 5. The minimum absolute atomic E-state index is 0.117. The van der Waals surface area contributed by atoms with Crippen LogP contribution in [0.4, 0.5) is 0 Å². The fourth-order valence-electron chi connectivity index (χ4n) is 2.89. The molecule has 0 spiro atoms. The highest BCUT2D eigenvalue weighted by molar-refractivity contribution is 5.91. The lowest BCUT2D eigenvalue weighted by Gasteiger charge is -2.17. The number of benzene rings is 1. The number of esters is 1. The third kappa shape index (κ3) is 2.87. The summed E-state index contributed by atoms with van der Waals surface area (Å²) in [4.78, 5) is 11.9. The average molecular weight is 283 g/mol. The molecule has 3 nitrogen and oxygen atoms in total. The first-order valence-corrected chi connectivity index (χ1v) is 7.73. The Hall–Kier alpha value is -2.03. The molecule has 2 aromatic rings. The molecule has 0 atom stereocenters. The molecule has 1 aromatic carbocycles. The van der Waals surface area contributed by atoms with E-state index in [1.54, 1.807) is 0 Å². The highest BCUT2D eigenvalue weighted by Gasteiger charge is 2.18. The van der Waals surface area contributed by atoms with E-state index >= 15 is 0 Å². The molecule has 0 amide bonds. The fourth-order valence-corrected chi connectivity index (χ4v) is 2.89. The van der Waals surface area contributed by atoms with E-state index in [1.807, 2.05) is 0 Å². The van der Waals surface area contributed by atoms with Crippen molar-refractivity contribution in [3.8, 4) is 0 Å². The number of para-hydroxylation sites is 1. The van der Waals surface area contributed by atoms with Crippen LogP contribution in [0, 0.1) is 0 Å². The van der Waals surface area contributed by atoms with Crippen molar-refractivity contribution in [2.45, 2.75) is 39.2 Å². The van der Waals surface area contributed by atoms with Crippen molar-refractivity contribution in [2.24, 2.45) is 0 Å². The van der Waals surface area contributed by atoms with Crippen LogP contribution in [0.2, 0.25) is 0 Å². The third-order valence-electron chi connectivity index (χ3n) is 3.98. The molecule has 1 aliphatic rings. The monoisotopic (exact) mass is 283 g/mol. The van der Waals surface area contributed by atoms with Gasteiger partial charge in [-0.05, 0) is 30.5 Å². The molecule has 0 unspecified atom stereocenters. The number of nitrogens with zero attached hydrogens (tertiary/aromatic N) is 1. The first kappa shape index (κ1) is 13.9. The summed E-state index contributed by atoms with van der Waals surface area (Å²) in [7, 11) is 0. The van der Waals surface area contributed by atoms with Gasteiger partial charge in [0, 0.05) is 23.1 Å². The van der Waals surface area contributed by atoms with E-state index < -0.39 is 0 Å². The van der Waals surface area contributed by atoms with E-state index in [1.165, 1.54) is 10.9 Å². The number of unbranched alkanes of at least 4 members (excludes halogenated alkanes) is 1. The van der Waals surface area contributed by atoms with Crippen molar-refractivity contribution in [1.82, 2.24) is 4.57 Å². The SMILES string of the molecule is CCCCOC(=O)CC1=CCCn2c1cc1ccccc12. The summed E-state index contributed by atoms with van der Waals surface area (Å²) in [6.07, 6.45) is 5.51. The molecule has 0 aliphatic carbocycles. The van der Waals surface area contributed by atoms with Gasteiger partial charge >= 0.3 is 5.97 Å². The highest BCUT2D eigenvalue weighted by Crippen LogP contribution is 2.31. The largest absolute Gasteiger partial charge is 0.465 e. The quantitative estimate of drug-likeness (QED) is 0.609. The Morgan fingerprint density at radius 1 is 1.33 bits per heavy atom. The van der Waals surface area contributed by atoms with Crippen LogP contribution >= 0.6 is 0 Å². The number of carbonyl (C=O) groups excluding carboxylic acids is 1. The topological polar surface area (TPSA) is 31.2 Å². The lowest BCUT2D eigenvalue weighted by Crippen LogP contribution is -2.11. The van der Waals surface area contributed by atoms with E-state index in [2.05, 4.69) is 47.9 Å². The minimum atomic E-state index is -0.117. The summed E-state index contributed by atoms with van der Waals surface area (Å²) in [6, 6.07) is 10.6. The van der Waals surface area contributed by atoms with Crippen LogP contribution in [0.3, 0.4) is 0 Å². The van der Waals surface area contributed by atoms with Crippen LogP contribution < -0.4 is 0 Å². The maximum absolute atomic E-state index is 11.9. The van der Waals surface area contributed by atoms with E-state index in [4.69, 9.17) is 4.74 Å². The maximum Gasteiger partial charge on any atom is 0.310 e. The Balaban J connectivity index is 1.79. The van der Waals surface area contributed by atoms with Gasteiger partial charge in [0.15, 0.2) is 0 Å². The van der Waals surface area contributed by atoms with Crippen LogP contribution in [0.5, 0.6) is 0 Å². The third-order valence-corrected chi connectivity index (χ3v) is 3.98. The van der Waals surface area contributed by atoms with E-state index in [9.17, 15) is 4.79 Å². The van der Waals surface area contributed by atoms with Crippen LogP contribution in [0.1, 0.15) is 38.3 Å². The number of aromatic nitrogens is 1. The van der Waals surface area contributed by atoms with Crippen LogP contribution in [-0.2, 0) is 16.1 Å². The predicted molar refractivity (Wildman–Crippen MR) is 85.0 cm³/mol. The smallest absolute Gasteiger partial charge is 0.310 e. The van der Waals surface area contributed by atoms with Crippen molar-refractivity contribution < 1.29 is 9.53 Å². The number of ether oxygens (including phenoxy) is 1. The molecule has 3 rings (SSSR count). The van der Waals surface area contributed by atoms with Gasteiger partial charge in [0.25, 0.3) is 0 Å². The number of carbonyl (C=O) groups is 1. The Morgan fingerprint density at radius 3 is 3.05 bits per heavy atom. The second-order valence-corrected chi connectivity index (χ2v) is 5.51. The lowest BCUT2D eigenvalue weighted by atomic mass is 10.0. The Bertz CT molecular complexity index is 682. The van der Waals surface area contributed by atoms with Gasteiger partial charge in [-0.2, -0.15) is 0 Å². The molecule has 0 fully saturated rings. The van der Waals surface area contributed by atoms with Crippen molar-refractivity contribution in [3.63, 3.8) is 0 Å². The van der Waals surface area contributed by atoms with Gasteiger partial charge in [-0.3, -0.25) is 4.79 Å². The Morgan fingerprint density at radius 2 is 2.19 bits per heavy atom. The van der Waals surface area contributed by atoms with Gasteiger partial charge in [0.1, 0.15) is 0 Å². The lowest BCUT2D eigenvalue weighted by molar-refractivity contribution is -0.142. The molecule has 0 saturated heterocycles. The van der Waals surface area contributed by atoms with E-state index in [0.29, 0.717) is 13.0 Å². The summed E-state index contributed by atoms with van der Waals surface area (Å²) >= 11 is 0. The molecule has 2 heterocycles. The van der Waals surface area contributed by atoms with Gasteiger partial charge in [0.05, 0.1) is 13.0 Å². The first-order chi connectivity index (χ1) is 10.3. The minimum Gasteiger partial charge on any atom is -0.465 e. The molecule has 1 aromatic heterocycles. The highest BCUT2D eigenvalue weighted by atomic mass is 16.5. The predicted octanol–water partition coefficient (Wildman–Crippen LogP) is 4.16. The zero-order valence-electron chi connectivity index (χ0n) is 12.5. The van der Waals surface area contributed by atoms with E-state index in [0.717, 1.165) is 37.1 Å². The number of fused-ring (bicyclic) bond motifs is 3. The summed E-state index contributed by atoms with van der Waals surface area (Å²) < 4.78 is 7.59. The van der Waals surface area contributed by atoms with Gasteiger partial charge in [-0.25, -0.2) is 0 Å². The van der Waals surface area contributed by atoms with Crippen molar-refractivity contribution in [3.05, 3.63) is 42.1 Å². The van der Waals surface area contributed by atoms with Gasteiger partial charge in [0.2, 0.25) is 0 Å². The Kier molecular flexibility index (Phi) is 4.09. The zero-order chi connectivity index (χ0) is 14.7. The van der Waals surface area contributed by atoms with Gasteiger partial charge in [-0.15, -0.1) is 0 Å². The second-order valence-electron chi connectivity index (χ2n) is 5.51. The summed E-state index contributed by atoms with van der Waals surface area (Å²) in [5, 5.41) is 1.24. The van der Waals surface area contributed by atoms with Crippen LogP contribution in [-0.4, -0.2) is 17.1 Å². The zero-order valence-corrected chi connectivity index (χ0v) is 12.5. The second kappa shape index (κ2) is 6.17. The molecule has 0 saturated carbocycles. The van der Waals surface area contributed by atoms with Gasteiger partial charge in [-0.1, -0.05) is 37.6 Å². The summed E-state index contributed by atoms with van der Waals surface area (Å²) in [6.45, 7) is 3.61. The fraction of sp³-hybridized carbons (Fsp3) is 0.389. The summed E-state index contributed by atoms with van der Waals surface area (Å²) in [5.74, 6) is -0.117. The molecule has 21 heavy (non-hydrogen) atoms. The molecule has 110 valence electrons. The molecule has 3 heteroatoms. The number of hydrogen-bond donors (Lipinski definition) is 0. The normalized spacial score (nSPS) is 13.9. The molecular formula is C18H21NO2. The van der Waals surface area contributed by atoms with Crippen LogP contribution in [0.15, 0.2) is 36.4 Å². The summed E-state index contributed by atoms with van der Waals surface area (Å²) in [5.41, 5.74) is 3.51. The average Bonchev–Trinajstić information content (AvgIpc) is 2.87. The number of aryl methyl sites for hydroxylation is 1. The van der Waals surface area contributed by atoms with E-state index in [-0.39, 0.29) is 5.97 Å².